The lowest BCUT2D eigenvalue weighted by Crippen LogP contribution is -2.42. The van der Waals surface area contributed by atoms with Crippen LogP contribution < -0.4 is 5.32 Å². The summed E-state index contributed by atoms with van der Waals surface area (Å²) in [6, 6.07) is 0. The van der Waals surface area contributed by atoms with E-state index in [1.807, 2.05) is 41.5 Å². The molecule has 0 aromatic heterocycles. The zero-order chi connectivity index (χ0) is 17.7. The van der Waals surface area contributed by atoms with Crippen LogP contribution in [-0.4, -0.2) is 54.3 Å². The third-order valence-electron chi connectivity index (χ3n) is 3.83. The van der Waals surface area contributed by atoms with E-state index in [-0.39, 0.29) is 18.6 Å². The first-order valence-electron chi connectivity index (χ1n) is 8.45. The van der Waals surface area contributed by atoms with E-state index < -0.39 is 11.2 Å². The maximum atomic E-state index is 12.1. The number of nitrogens with zero attached hydrogens (tertiary/aromatic N) is 1. The van der Waals surface area contributed by atoms with Crippen molar-refractivity contribution in [1.82, 2.24) is 10.2 Å². The Hall–Kier alpha value is -1.30. The fraction of sp³-hybridized carbons (Fsp3) is 0.882. The molecular formula is C17H32N2O4. The second-order valence-corrected chi connectivity index (χ2v) is 7.68. The van der Waals surface area contributed by atoms with Crippen molar-refractivity contribution >= 4 is 12.0 Å². The molecule has 134 valence electrons. The minimum atomic E-state index is -0.508. The summed E-state index contributed by atoms with van der Waals surface area (Å²) in [6.07, 6.45) is 1.16. The molecule has 0 spiro atoms. The van der Waals surface area contributed by atoms with E-state index in [4.69, 9.17) is 9.47 Å². The molecule has 0 aromatic rings. The van der Waals surface area contributed by atoms with Gasteiger partial charge in [-0.1, -0.05) is 20.8 Å². The molecule has 0 radical (unpaired) electrons. The van der Waals surface area contributed by atoms with E-state index in [1.54, 1.807) is 4.90 Å². The van der Waals surface area contributed by atoms with Crippen molar-refractivity contribution in [2.24, 2.45) is 5.92 Å². The fourth-order valence-corrected chi connectivity index (χ4v) is 2.42. The zero-order valence-corrected chi connectivity index (χ0v) is 15.4. The average molecular weight is 328 g/mol. The van der Waals surface area contributed by atoms with Gasteiger partial charge in [-0.25, -0.2) is 4.79 Å². The van der Waals surface area contributed by atoms with E-state index in [2.05, 4.69) is 5.32 Å². The average Bonchev–Trinajstić information content (AvgIpc) is 2.86. The normalized spacial score (nSPS) is 21.6. The summed E-state index contributed by atoms with van der Waals surface area (Å²) in [5, 5.41) is 2.84. The number of likely N-dealkylation sites (tertiary alicyclic amines) is 1. The van der Waals surface area contributed by atoms with Gasteiger partial charge in [-0.05, 0) is 39.5 Å². The third kappa shape index (κ3) is 6.77. The maximum Gasteiger partial charge on any atom is 0.410 e. The monoisotopic (exact) mass is 328 g/mol. The Morgan fingerprint density at radius 3 is 2.48 bits per heavy atom. The van der Waals surface area contributed by atoms with Gasteiger partial charge in [0.15, 0.2) is 0 Å². The molecular weight excluding hydrogens is 296 g/mol. The summed E-state index contributed by atoms with van der Waals surface area (Å²) in [4.78, 5) is 25.6. The van der Waals surface area contributed by atoms with E-state index in [0.717, 1.165) is 12.8 Å². The highest BCUT2D eigenvalue weighted by Crippen LogP contribution is 2.29. The number of hydrogen-bond donors (Lipinski definition) is 1. The molecule has 23 heavy (non-hydrogen) atoms. The van der Waals surface area contributed by atoms with Crippen LogP contribution in [0.2, 0.25) is 0 Å². The van der Waals surface area contributed by atoms with E-state index in [0.29, 0.717) is 25.6 Å². The Bertz CT molecular complexity index is 417. The van der Waals surface area contributed by atoms with Gasteiger partial charge >= 0.3 is 6.09 Å². The third-order valence-corrected chi connectivity index (χ3v) is 3.83. The molecule has 1 heterocycles. The second-order valence-electron chi connectivity index (χ2n) is 7.68. The van der Waals surface area contributed by atoms with Crippen molar-refractivity contribution in [1.29, 1.82) is 0 Å². The molecule has 1 saturated heterocycles. The highest BCUT2D eigenvalue weighted by Gasteiger charge is 2.41. The van der Waals surface area contributed by atoms with Crippen molar-refractivity contribution in [3.05, 3.63) is 0 Å². The Morgan fingerprint density at radius 1 is 1.30 bits per heavy atom. The number of ether oxygens (including phenoxy) is 2. The largest absolute Gasteiger partial charge is 0.444 e. The van der Waals surface area contributed by atoms with Crippen LogP contribution in [-0.2, 0) is 14.3 Å². The van der Waals surface area contributed by atoms with Crippen LogP contribution in [0.3, 0.4) is 0 Å². The zero-order valence-electron chi connectivity index (χ0n) is 15.4. The van der Waals surface area contributed by atoms with Crippen molar-refractivity contribution in [3.8, 4) is 0 Å². The molecule has 0 saturated carbocycles. The number of carbonyl (C=O) groups excluding carboxylic acids is 2. The molecule has 0 aliphatic carbocycles. The van der Waals surface area contributed by atoms with Gasteiger partial charge in [0, 0.05) is 13.1 Å². The van der Waals surface area contributed by atoms with Gasteiger partial charge in [0.25, 0.3) is 0 Å². The summed E-state index contributed by atoms with van der Waals surface area (Å²) in [5.74, 6) is 0.301. The van der Waals surface area contributed by atoms with Crippen molar-refractivity contribution in [3.63, 3.8) is 0 Å². The first-order chi connectivity index (χ1) is 10.6. The van der Waals surface area contributed by atoms with Gasteiger partial charge in [-0.3, -0.25) is 4.79 Å². The fourth-order valence-electron chi connectivity index (χ4n) is 2.42. The molecule has 1 unspecified atom stereocenters. The summed E-state index contributed by atoms with van der Waals surface area (Å²) in [7, 11) is 0. The van der Waals surface area contributed by atoms with Crippen molar-refractivity contribution in [2.45, 2.75) is 65.6 Å². The molecule has 1 rings (SSSR count). The Labute approximate surface area is 139 Å². The van der Waals surface area contributed by atoms with Crippen LogP contribution in [0, 0.1) is 5.92 Å². The van der Waals surface area contributed by atoms with Crippen molar-refractivity contribution in [2.75, 3.05) is 26.2 Å². The second kappa shape index (κ2) is 7.99. The number of nitrogens with one attached hydrogen (secondary N) is 1. The van der Waals surface area contributed by atoms with Crippen LogP contribution in [0.25, 0.3) is 0 Å². The Balaban J connectivity index is 2.50. The SMILES string of the molecule is CCC1(OCC(=O)NCC(C)C)CCN(C(=O)OC(C)(C)C)C1. The standard InChI is InChI=1S/C17H32N2O4/c1-7-17(22-11-14(20)18-10-13(2)3)8-9-19(12-17)15(21)23-16(4,5)6/h13H,7-12H2,1-6H3,(H,18,20). The lowest BCUT2D eigenvalue weighted by atomic mass is 10.00. The van der Waals surface area contributed by atoms with E-state index in [1.165, 1.54) is 0 Å². The van der Waals surface area contributed by atoms with Crippen LogP contribution in [0.15, 0.2) is 0 Å². The smallest absolute Gasteiger partial charge is 0.410 e. The molecule has 6 heteroatoms. The van der Waals surface area contributed by atoms with Gasteiger partial charge < -0.3 is 19.7 Å². The number of carbonyl (C=O) groups is 2. The predicted octanol–water partition coefficient (Wildman–Crippen LogP) is 2.56. The first kappa shape index (κ1) is 19.7. The molecule has 2 amide bonds. The summed E-state index contributed by atoms with van der Waals surface area (Å²) in [5.41, 5.74) is -0.960. The molecule has 0 aromatic carbocycles. The van der Waals surface area contributed by atoms with E-state index >= 15 is 0 Å². The van der Waals surface area contributed by atoms with Gasteiger partial charge in [0.05, 0.1) is 12.1 Å². The van der Waals surface area contributed by atoms with Gasteiger partial charge in [0.1, 0.15) is 12.2 Å². The predicted molar refractivity (Wildman–Crippen MR) is 89.2 cm³/mol. The minimum absolute atomic E-state index is 0.0305. The maximum absolute atomic E-state index is 12.1. The first-order valence-corrected chi connectivity index (χ1v) is 8.45. The van der Waals surface area contributed by atoms with Gasteiger partial charge in [0.2, 0.25) is 5.91 Å². The quantitative estimate of drug-likeness (QED) is 0.814. The Morgan fingerprint density at radius 2 is 1.96 bits per heavy atom. The molecule has 0 bridgehead atoms. The minimum Gasteiger partial charge on any atom is -0.444 e. The lowest BCUT2D eigenvalue weighted by molar-refractivity contribution is -0.133. The summed E-state index contributed by atoms with van der Waals surface area (Å²) in [6.45, 7) is 13.4. The van der Waals surface area contributed by atoms with E-state index in [9.17, 15) is 9.59 Å². The molecule has 1 fully saturated rings. The number of amides is 2. The molecule has 1 atom stereocenters. The van der Waals surface area contributed by atoms with Gasteiger partial charge in [-0.2, -0.15) is 0 Å². The summed E-state index contributed by atoms with van der Waals surface area (Å²) >= 11 is 0. The molecule has 6 nitrogen and oxygen atoms in total. The lowest BCUT2D eigenvalue weighted by Gasteiger charge is -2.29. The number of rotatable bonds is 6. The molecule has 1 aliphatic rings. The van der Waals surface area contributed by atoms with Crippen LogP contribution in [0.4, 0.5) is 4.79 Å². The van der Waals surface area contributed by atoms with Crippen LogP contribution in [0.5, 0.6) is 0 Å². The number of hydrogen-bond acceptors (Lipinski definition) is 4. The van der Waals surface area contributed by atoms with Crippen molar-refractivity contribution < 1.29 is 19.1 Å². The van der Waals surface area contributed by atoms with Crippen LogP contribution in [0.1, 0.15) is 54.4 Å². The topological polar surface area (TPSA) is 67.9 Å². The van der Waals surface area contributed by atoms with Gasteiger partial charge in [-0.15, -0.1) is 0 Å². The Kier molecular flexibility index (Phi) is 6.86. The highest BCUT2D eigenvalue weighted by molar-refractivity contribution is 5.77. The molecule has 1 aliphatic heterocycles. The highest BCUT2D eigenvalue weighted by atomic mass is 16.6. The summed E-state index contributed by atoms with van der Waals surface area (Å²) < 4.78 is 11.3. The molecule has 1 N–H and O–H groups in total. The van der Waals surface area contributed by atoms with Crippen LogP contribution >= 0.6 is 0 Å².